The number of sulfonamides is 1. The molecule has 1 atom stereocenters. The van der Waals surface area contributed by atoms with Crippen LogP contribution in [0, 0.1) is 18.3 Å². The lowest BCUT2D eigenvalue weighted by molar-refractivity contribution is 0.559. The molecule has 32 heavy (non-hydrogen) atoms. The molecule has 1 aromatic heterocycles. The van der Waals surface area contributed by atoms with Crippen molar-refractivity contribution in [1.29, 1.82) is 5.26 Å². The van der Waals surface area contributed by atoms with E-state index < -0.39 is 20.8 Å². The van der Waals surface area contributed by atoms with Crippen LogP contribution >= 0.6 is 0 Å². The Bertz CT molecular complexity index is 1530. The van der Waals surface area contributed by atoms with E-state index in [0.29, 0.717) is 33.1 Å². The normalized spacial score (nSPS) is 16.0. The Morgan fingerprint density at radius 2 is 1.81 bits per heavy atom. The molecule has 160 valence electrons. The molecule has 2 heterocycles. The lowest BCUT2D eigenvalue weighted by Gasteiger charge is -2.30. The van der Waals surface area contributed by atoms with Crippen LogP contribution in [0.4, 0.5) is 5.69 Å². The van der Waals surface area contributed by atoms with Gasteiger partial charge in [0.05, 0.1) is 37.9 Å². The summed E-state index contributed by atoms with van der Waals surface area (Å²) < 4.78 is 46.6. The maximum atomic E-state index is 13.6. The van der Waals surface area contributed by atoms with E-state index in [2.05, 4.69) is 11.1 Å². The topological polar surface area (TPSA) is 104 Å². The lowest BCUT2D eigenvalue weighted by Crippen LogP contribution is -2.38. The number of benzene rings is 3. The van der Waals surface area contributed by atoms with E-state index in [0.717, 1.165) is 11.1 Å². The molecule has 3 aromatic carbocycles. The highest BCUT2D eigenvalue weighted by molar-refractivity contribution is 7.93. The Morgan fingerprint density at radius 1 is 1.06 bits per heavy atom. The molecule has 1 aliphatic rings. The predicted octanol–water partition coefficient (Wildman–Crippen LogP) is 3.99. The molecule has 9 heteroatoms. The first-order valence-corrected chi connectivity index (χ1v) is 12.6. The highest BCUT2D eigenvalue weighted by atomic mass is 32.2. The Kier molecular flexibility index (Phi) is 4.84. The third-order valence-corrected chi connectivity index (χ3v) is 8.55. The molecule has 7 nitrogen and oxygen atoms in total. The first-order chi connectivity index (χ1) is 15.4. The molecule has 0 amide bonds. The molecule has 1 unspecified atom stereocenters. The number of nitrogens with zero attached hydrogens (tertiary/aromatic N) is 3. The van der Waals surface area contributed by atoms with Gasteiger partial charge in [0, 0.05) is 25.3 Å². The average molecular weight is 464 g/mol. The van der Waals surface area contributed by atoms with E-state index in [1.165, 1.54) is 16.4 Å². The molecular formula is C23H17N3O4S2. The Morgan fingerprint density at radius 3 is 2.56 bits per heavy atom. The molecular weight excluding hydrogens is 446 g/mol. The maximum Gasteiger partial charge on any atom is 0.264 e. The molecule has 4 aromatic rings. The van der Waals surface area contributed by atoms with Crippen LogP contribution in [0.3, 0.4) is 0 Å². The minimum absolute atomic E-state index is 0.0866. The average Bonchev–Trinajstić information content (AvgIpc) is 3.18. The Balaban J connectivity index is 1.61. The highest BCUT2D eigenvalue weighted by Crippen LogP contribution is 2.36. The lowest BCUT2D eigenvalue weighted by atomic mass is 10.0. The van der Waals surface area contributed by atoms with Crippen LogP contribution in [0.5, 0.6) is 0 Å². The van der Waals surface area contributed by atoms with Gasteiger partial charge in [-0.05, 0) is 47.5 Å². The van der Waals surface area contributed by atoms with E-state index in [1.54, 1.807) is 49.4 Å². The summed E-state index contributed by atoms with van der Waals surface area (Å²) in [7, 11) is -5.22. The molecule has 5 rings (SSSR count). The van der Waals surface area contributed by atoms with Crippen LogP contribution < -0.4 is 4.31 Å². The number of rotatable bonds is 3. The third kappa shape index (κ3) is 3.38. The van der Waals surface area contributed by atoms with Gasteiger partial charge < -0.3 is 4.42 Å². The number of hydrogen-bond acceptors (Lipinski definition) is 6. The van der Waals surface area contributed by atoms with E-state index >= 15 is 0 Å². The monoisotopic (exact) mass is 463 g/mol. The van der Waals surface area contributed by atoms with Gasteiger partial charge in [0.1, 0.15) is 5.52 Å². The van der Waals surface area contributed by atoms with Crippen molar-refractivity contribution >= 4 is 37.6 Å². The van der Waals surface area contributed by atoms with Crippen molar-refractivity contribution in [1.82, 2.24) is 4.98 Å². The second kappa shape index (κ2) is 7.58. The number of aryl methyl sites for hydroxylation is 1. The maximum absolute atomic E-state index is 13.6. The second-order valence-electron chi connectivity index (χ2n) is 7.36. The Labute approximate surface area is 187 Å². The van der Waals surface area contributed by atoms with Gasteiger partial charge in [-0.2, -0.15) is 5.26 Å². The summed E-state index contributed by atoms with van der Waals surface area (Å²) in [5.74, 6) is 0.673. The van der Waals surface area contributed by atoms with Crippen molar-refractivity contribution in [2.45, 2.75) is 16.7 Å². The fourth-order valence-electron chi connectivity index (χ4n) is 3.78. The molecule has 0 spiro atoms. The van der Waals surface area contributed by atoms with Crippen LogP contribution in [-0.4, -0.2) is 29.9 Å². The summed E-state index contributed by atoms with van der Waals surface area (Å²) in [6, 6.07) is 19.0. The minimum atomic E-state index is -3.92. The zero-order valence-electron chi connectivity index (χ0n) is 17.0. The van der Waals surface area contributed by atoms with Crippen molar-refractivity contribution in [2.75, 3.05) is 16.6 Å². The van der Waals surface area contributed by atoms with Crippen LogP contribution in [-0.2, 0) is 20.8 Å². The Hall–Kier alpha value is -3.48. The fourth-order valence-corrected chi connectivity index (χ4v) is 6.63. The van der Waals surface area contributed by atoms with Gasteiger partial charge >= 0.3 is 0 Å². The molecule has 0 fully saturated rings. The van der Waals surface area contributed by atoms with Gasteiger partial charge in [-0.25, -0.2) is 13.4 Å². The van der Waals surface area contributed by atoms with E-state index in [1.807, 2.05) is 6.07 Å². The molecule has 0 bridgehead atoms. The molecule has 0 saturated heterocycles. The van der Waals surface area contributed by atoms with Crippen molar-refractivity contribution in [3.63, 3.8) is 0 Å². The van der Waals surface area contributed by atoms with Crippen LogP contribution in [0.25, 0.3) is 22.2 Å². The summed E-state index contributed by atoms with van der Waals surface area (Å²) in [5.41, 5.74) is 3.52. The van der Waals surface area contributed by atoms with Gasteiger partial charge in [0.15, 0.2) is 11.5 Å². The number of oxazole rings is 1. The van der Waals surface area contributed by atoms with Crippen LogP contribution in [0.15, 0.2) is 74.9 Å². The van der Waals surface area contributed by atoms with Gasteiger partial charge in [0.2, 0.25) is 0 Å². The SMILES string of the molecule is Cc1nc2ccc(S(=O)(=O)N3CCS(=O)c4ccc(-c5ccc(C#N)cc5)cc43)cc2o1. The summed E-state index contributed by atoms with van der Waals surface area (Å²) in [5, 5.41) is 9.02. The number of nitriles is 1. The summed E-state index contributed by atoms with van der Waals surface area (Å²) >= 11 is 0. The van der Waals surface area contributed by atoms with Crippen LogP contribution in [0.2, 0.25) is 0 Å². The minimum Gasteiger partial charge on any atom is -0.441 e. The summed E-state index contributed by atoms with van der Waals surface area (Å²) in [4.78, 5) is 4.78. The molecule has 0 N–H and O–H groups in total. The zero-order chi connectivity index (χ0) is 22.5. The van der Waals surface area contributed by atoms with Gasteiger partial charge in [0.25, 0.3) is 10.0 Å². The molecule has 0 radical (unpaired) electrons. The van der Waals surface area contributed by atoms with E-state index in [9.17, 15) is 12.6 Å². The highest BCUT2D eigenvalue weighted by Gasteiger charge is 2.32. The van der Waals surface area contributed by atoms with Gasteiger partial charge in [-0.1, -0.05) is 18.2 Å². The van der Waals surface area contributed by atoms with Gasteiger partial charge in [-0.3, -0.25) is 8.51 Å². The van der Waals surface area contributed by atoms with Crippen molar-refractivity contribution in [3.05, 3.63) is 72.1 Å². The number of hydrogen-bond donors (Lipinski definition) is 0. The zero-order valence-corrected chi connectivity index (χ0v) is 18.6. The standard InChI is InChI=1S/C23H17N3O4S2/c1-15-25-20-8-7-19(13-22(20)30-15)32(28,29)26-10-11-31(27)23-9-6-18(12-21(23)26)17-4-2-16(14-24)3-5-17/h2-9,12-13H,10-11H2,1H3. The second-order valence-corrected chi connectivity index (χ2v) is 10.8. The van der Waals surface area contributed by atoms with Crippen molar-refractivity contribution < 1.29 is 17.0 Å². The number of aromatic nitrogens is 1. The summed E-state index contributed by atoms with van der Waals surface area (Å²) in [6.07, 6.45) is 0. The van der Waals surface area contributed by atoms with Crippen LogP contribution in [0.1, 0.15) is 11.5 Å². The predicted molar refractivity (Wildman–Crippen MR) is 121 cm³/mol. The van der Waals surface area contributed by atoms with Crippen molar-refractivity contribution in [2.24, 2.45) is 0 Å². The van der Waals surface area contributed by atoms with E-state index in [-0.39, 0.29) is 17.2 Å². The molecule has 1 aliphatic heterocycles. The molecule has 0 aliphatic carbocycles. The fraction of sp³-hybridized carbons (Fsp3) is 0.130. The molecule has 0 saturated carbocycles. The quantitative estimate of drug-likeness (QED) is 0.455. The number of anilines is 1. The summed E-state index contributed by atoms with van der Waals surface area (Å²) in [6.45, 7) is 1.81. The smallest absolute Gasteiger partial charge is 0.264 e. The first kappa shape index (κ1) is 20.4. The first-order valence-electron chi connectivity index (χ1n) is 9.80. The largest absolute Gasteiger partial charge is 0.441 e. The van der Waals surface area contributed by atoms with Gasteiger partial charge in [-0.15, -0.1) is 0 Å². The number of fused-ring (bicyclic) bond motifs is 2. The van der Waals surface area contributed by atoms with Crippen molar-refractivity contribution in [3.8, 4) is 17.2 Å². The third-order valence-electron chi connectivity index (χ3n) is 5.35. The van der Waals surface area contributed by atoms with E-state index in [4.69, 9.17) is 9.68 Å².